The largest absolute Gasteiger partial charge is 0.231 e. The van der Waals surface area contributed by atoms with Crippen molar-refractivity contribution in [3.63, 3.8) is 0 Å². The fraction of sp³-hybridized carbons (Fsp3) is 0. The first-order chi connectivity index (χ1) is 3.41. The van der Waals surface area contributed by atoms with E-state index in [9.17, 15) is 8.42 Å². The maximum atomic E-state index is 9.26. The smallest absolute Gasteiger partial charge is 0.189 e. The van der Waals surface area contributed by atoms with Crippen molar-refractivity contribution in [2.45, 2.75) is 0 Å². The van der Waals surface area contributed by atoms with Crippen LogP contribution in [0.25, 0.3) is 0 Å². The van der Waals surface area contributed by atoms with Gasteiger partial charge in [-0.3, -0.25) is 0 Å². The van der Waals surface area contributed by atoms with Crippen molar-refractivity contribution < 1.29 is 13.4 Å². The van der Waals surface area contributed by atoms with E-state index in [-0.39, 0.29) is 22.9 Å². The third-order valence-corrected chi connectivity index (χ3v) is 0.383. The summed E-state index contributed by atoms with van der Waals surface area (Å²) in [5.41, 5.74) is 0. The molecule has 7 heavy (non-hydrogen) atoms. The summed E-state index contributed by atoms with van der Waals surface area (Å²) in [5.74, 6) is 0. The van der Waals surface area contributed by atoms with Crippen molar-refractivity contribution in [2.75, 3.05) is 0 Å². The zero-order chi connectivity index (χ0) is 5.54. The Bertz CT molecular complexity index is 114. The van der Waals surface area contributed by atoms with Gasteiger partial charge < -0.3 is 0 Å². The van der Waals surface area contributed by atoms with Crippen LogP contribution < -0.4 is 0 Å². The second kappa shape index (κ2) is 5.60. The van der Waals surface area contributed by atoms with Gasteiger partial charge in [0.1, 0.15) is 0 Å². The molecule has 0 aromatic carbocycles. The van der Waals surface area contributed by atoms with E-state index in [4.69, 9.17) is 0 Å². The predicted octanol–water partition coefficient (Wildman–Crippen LogP) is -0.374. The van der Waals surface area contributed by atoms with Gasteiger partial charge in [-0.1, -0.05) is 4.94 Å². The summed E-state index contributed by atoms with van der Waals surface area (Å²) >= 11 is -0.303. The molecule has 0 heterocycles. The summed E-state index contributed by atoms with van der Waals surface area (Å²) in [6.07, 6.45) is 0. The van der Waals surface area contributed by atoms with E-state index < -0.39 is 0 Å². The maximum absolute atomic E-state index is 9.26. The lowest BCUT2D eigenvalue weighted by Crippen LogP contribution is -1.57. The van der Waals surface area contributed by atoms with Crippen LogP contribution in [-0.4, -0.2) is 8.42 Å². The van der Waals surface area contributed by atoms with Gasteiger partial charge in [-0.05, 0) is 9.05 Å². The second-order valence-electron chi connectivity index (χ2n) is 0.380. The lowest BCUT2D eigenvalue weighted by atomic mass is 13.3. The molecule has 0 aliphatic heterocycles. The molecule has 0 atom stereocenters. The molecule has 0 unspecified atom stereocenters. The highest BCUT2D eigenvalue weighted by Gasteiger charge is 1.62. The first-order valence-corrected chi connectivity index (χ1v) is 2.46. The zero-order valence-corrected chi connectivity index (χ0v) is 4.57. The average Bonchev–Trinajstić information content (AvgIpc) is 1.69. The van der Waals surface area contributed by atoms with Crippen molar-refractivity contribution in [2.24, 2.45) is 9.05 Å². The molecule has 0 saturated heterocycles. The molecule has 0 amide bonds. The fourth-order valence-electron chi connectivity index (χ4n) is 0.0408. The summed E-state index contributed by atoms with van der Waals surface area (Å²) < 4.78 is 23.8. The lowest BCUT2D eigenvalue weighted by molar-refractivity contribution is 0.169. The number of hydrogen-bond acceptors (Lipinski definition) is 5. The molecule has 0 aliphatic carbocycles. The van der Waals surface area contributed by atoms with Gasteiger partial charge in [-0.25, -0.2) is 0 Å². The van der Waals surface area contributed by atoms with Gasteiger partial charge in [0.25, 0.3) is 0 Å². The zero-order valence-electron chi connectivity index (χ0n) is 2.94. The Kier molecular flexibility index (Phi) is 5.28. The number of hydrogen-bond donors (Lipinski definition) is 0. The minimum absolute atomic E-state index is 0.152. The maximum Gasteiger partial charge on any atom is 0.231 e. The SMILES string of the molecule is O=S=NON=S=O. The van der Waals surface area contributed by atoms with Crippen molar-refractivity contribution in [1.82, 2.24) is 0 Å². The third kappa shape index (κ3) is 5.60. The van der Waals surface area contributed by atoms with Gasteiger partial charge in [-0.15, -0.1) is 0 Å². The van der Waals surface area contributed by atoms with Gasteiger partial charge >= 0.3 is 0 Å². The molecule has 0 spiro atoms. The Morgan fingerprint density at radius 2 is 1.57 bits per heavy atom. The standard InChI is InChI=1S/N2O3S2/c3-6-1-5-2-7-4. The van der Waals surface area contributed by atoms with E-state index >= 15 is 0 Å². The molecule has 0 radical (unpaired) electrons. The van der Waals surface area contributed by atoms with Crippen LogP contribution in [0.1, 0.15) is 0 Å². The van der Waals surface area contributed by atoms with Gasteiger partial charge in [0.2, 0.25) is 22.9 Å². The molecule has 5 nitrogen and oxygen atoms in total. The third-order valence-electron chi connectivity index (χ3n) is 0.128. The Morgan fingerprint density at radius 1 is 1.14 bits per heavy atom. The Hall–Kier alpha value is -0.400. The van der Waals surface area contributed by atoms with Crippen LogP contribution in [0.3, 0.4) is 0 Å². The van der Waals surface area contributed by atoms with Crippen LogP contribution in [0.2, 0.25) is 0 Å². The highest BCUT2D eigenvalue weighted by Crippen LogP contribution is 1.68. The summed E-state index contributed by atoms with van der Waals surface area (Å²) in [6, 6.07) is 0. The van der Waals surface area contributed by atoms with Gasteiger partial charge in [0.05, 0.1) is 0 Å². The molecule has 0 saturated carbocycles. The molecule has 0 aliphatic rings. The average molecular weight is 140 g/mol. The monoisotopic (exact) mass is 140 g/mol. The number of nitrogens with zero attached hydrogens (tertiary/aromatic N) is 2. The van der Waals surface area contributed by atoms with Gasteiger partial charge in [0, 0.05) is 0 Å². The van der Waals surface area contributed by atoms with E-state index in [1.165, 1.54) is 0 Å². The number of rotatable bonds is 2. The normalized spacial score (nSPS) is 6.86. The van der Waals surface area contributed by atoms with Crippen LogP contribution >= 0.6 is 0 Å². The molecule has 0 aromatic heterocycles. The van der Waals surface area contributed by atoms with Gasteiger partial charge in [0.15, 0.2) is 0 Å². The highest BCUT2D eigenvalue weighted by molar-refractivity contribution is 7.54. The second-order valence-corrected chi connectivity index (χ2v) is 0.976. The van der Waals surface area contributed by atoms with E-state index in [2.05, 4.69) is 14.0 Å². The Balaban J connectivity index is 3.33. The quantitative estimate of drug-likeness (QED) is 0.491. The van der Waals surface area contributed by atoms with Crippen LogP contribution in [0.15, 0.2) is 9.05 Å². The van der Waals surface area contributed by atoms with E-state index in [1.807, 2.05) is 0 Å². The van der Waals surface area contributed by atoms with E-state index in [0.29, 0.717) is 0 Å². The first kappa shape index (κ1) is 6.60. The molecule has 40 valence electrons. The summed E-state index contributed by atoms with van der Waals surface area (Å²) in [6.45, 7) is 0. The van der Waals surface area contributed by atoms with Crippen molar-refractivity contribution >= 4 is 22.9 Å². The Labute approximate surface area is 46.1 Å². The lowest BCUT2D eigenvalue weighted by Gasteiger charge is -1.63. The van der Waals surface area contributed by atoms with Crippen molar-refractivity contribution in [3.05, 3.63) is 0 Å². The first-order valence-electron chi connectivity index (χ1n) is 1.06. The van der Waals surface area contributed by atoms with Crippen molar-refractivity contribution in [1.29, 1.82) is 0 Å². The molecular formula is N2O3S2. The van der Waals surface area contributed by atoms with Crippen LogP contribution in [0.4, 0.5) is 0 Å². The van der Waals surface area contributed by atoms with Gasteiger partial charge in [-0.2, -0.15) is 8.42 Å². The fourth-order valence-corrected chi connectivity index (χ4v) is 0.204. The molecule has 0 fully saturated rings. The molecule has 7 heteroatoms. The molecule has 0 bridgehead atoms. The molecule has 0 aromatic rings. The van der Waals surface area contributed by atoms with Crippen LogP contribution in [0, 0.1) is 0 Å². The minimum Gasteiger partial charge on any atom is -0.189 e. The topological polar surface area (TPSA) is 68.1 Å². The van der Waals surface area contributed by atoms with E-state index in [0.717, 1.165) is 0 Å². The summed E-state index contributed by atoms with van der Waals surface area (Å²) in [4.78, 5) is 3.68. The predicted molar refractivity (Wildman–Crippen MR) is 22.2 cm³/mol. The minimum atomic E-state index is -0.152. The molecule has 0 rings (SSSR count). The molecular weight excluding hydrogens is 140 g/mol. The molecule has 0 N–H and O–H groups in total. The summed E-state index contributed by atoms with van der Waals surface area (Å²) in [5, 5.41) is 0. The van der Waals surface area contributed by atoms with Crippen LogP contribution in [-0.2, 0) is 27.9 Å². The van der Waals surface area contributed by atoms with Crippen LogP contribution in [0.5, 0.6) is 0 Å². The van der Waals surface area contributed by atoms with E-state index in [1.54, 1.807) is 0 Å². The summed E-state index contributed by atoms with van der Waals surface area (Å²) in [7, 11) is 0. The highest BCUT2D eigenvalue weighted by atomic mass is 32.1. The van der Waals surface area contributed by atoms with Crippen molar-refractivity contribution in [3.8, 4) is 0 Å². The Morgan fingerprint density at radius 3 is 1.86 bits per heavy atom.